The summed E-state index contributed by atoms with van der Waals surface area (Å²) in [7, 11) is 0. The minimum atomic E-state index is -0.0866. The zero-order valence-electron chi connectivity index (χ0n) is 20.0. The van der Waals surface area contributed by atoms with Gasteiger partial charge in [0.05, 0.1) is 6.10 Å². The molecule has 9 atom stereocenters. The predicted octanol–water partition coefficient (Wildman–Crippen LogP) is 7.41. The highest BCUT2D eigenvalue weighted by atomic mass is 16.3. The maximum atomic E-state index is 10.2. The first-order valence-corrected chi connectivity index (χ1v) is 12.7. The van der Waals surface area contributed by atoms with Crippen LogP contribution in [0.5, 0.6) is 0 Å². The van der Waals surface area contributed by atoms with E-state index in [9.17, 15) is 5.11 Å². The molecule has 3 unspecified atom stereocenters. The highest BCUT2D eigenvalue weighted by molar-refractivity contribution is 5.25. The summed E-state index contributed by atoms with van der Waals surface area (Å²) in [6.45, 7) is 14.7. The van der Waals surface area contributed by atoms with E-state index in [0.717, 1.165) is 42.4 Å². The van der Waals surface area contributed by atoms with Gasteiger partial charge in [0.15, 0.2) is 0 Å². The fourth-order valence-corrected chi connectivity index (χ4v) is 8.25. The fourth-order valence-electron chi connectivity index (χ4n) is 8.25. The third-order valence-corrected chi connectivity index (χ3v) is 10.6. The van der Waals surface area contributed by atoms with Crippen LogP contribution in [-0.4, -0.2) is 11.2 Å². The van der Waals surface area contributed by atoms with Gasteiger partial charge in [0, 0.05) is 0 Å². The molecule has 0 aromatic rings. The Morgan fingerprint density at radius 3 is 2.45 bits per heavy atom. The lowest BCUT2D eigenvalue weighted by atomic mass is 9.47. The van der Waals surface area contributed by atoms with Gasteiger partial charge in [-0.05, 0) is 104 Å². The second-order valence-electron chi connectivity index (χ2n) is 12.2. The van der Waals surface area contributed by atoms with Gasteiger partial charge < -0.3 is 5.11 Å². The van der Waals surface area contributed by atoms with Gasteiger partial charge in [-0.15, -0.1) is 0 Å². The zero-order chi connectivity index (χ0) is 21.0. The molecule has 1 N–H and O–H groups in total. The molecule has 0 heterocycles. The minimum absolute atomic E-state index is 0.0866. The third-order valence-electron chi connectivity index (χ3n) is 10.6. The molecule has 1 heteroatoms. The van der Waals surface area contributed by atoms with Crippen molar-refractivity contribution in [1.29, 1.82) is 0 Å². The van der Waals surface area contributed by atoms with Crippen LogP contribution >= 0.6 is 0 Å². The summed E-state index contributed by atoms with van der Waals surface area (Å²) < 4.78 is 0. The molecule has 164 valence electrons. The second-order valence-corrected chi connectivity index (χ2v) is 12.2. The van der Waals surface area contributed by atoms with Crippen molar-refractivity contribution in [3.63, 3.8) is 0 Å². The third kappa shape index (κ3) is 3.58. The lowest BCUT2D eigenvalue weighted by Gasteiger charge is -2.58. The molecule has 29 heavy (non-hydrogen) atoms. The van der Waals surface area contributed by atoms with Crippen molar-refractivity contribution in [2.45, 2.75) is 99.0 Å². The molecule has 3 fully saturated rings. The molecule has 4 aliphatic carbocycles. The Balaban J connectivity index is 1.53. The standard InChI is InChI=1S/C28H46O/c1-18(2)19(3)7-8-20(4)24-11-12-25-23-10-9-21-17-22(29)13-15-27(21,5)26(23)14-16-28(24,25)6/h7-9,18-20,22-26,29H,10-17H2,1-6H3/b8-7+/t19?,20?,22-,23?,24+,25-,26-,27-,28+/m0/s1. The molecule has 0 spiro atoms. The highest BCUT2D eigenvalue weighted by Crippen LogP contribution is 2.67. The van der Waals surface area contributed by atoms with Crippen molar-refractivity contribution in [1.82, 2.24) is 0 Å². The van der Waals surface area contributed by atoms with Crippen molar-refractivity contribution in [3.05, 3.63) is 23.8 Å². The Morgan fingerprint density at radius 2 is 1.72 bits per heavy atom. The summed E-state index contributed by atoms with van der Waals surface area (Å²) in [5, 5.41) is 10.2. The number of aliphatic hydroxyl groups is 1. The molecule has 1 nitrogen and oxygen atoms in total. The van der Waals surface area contributed by atoms with Gasteiger partial charge in [-0.3, -0.25) is 0 Å². The number of hydrogen-bond acceptors (Lipinski definition) is 1. The van der Waals surface area contributed by atoms with Crippen molar-refractivity contribution in [2.24, 2.45) is 52.3 Å². The van der Waals surface area contributed by atoms with Gasteiger partial charge in [0.1, 0.15) is 0 Å². The van der Waals surface area contributed by atoms with Gasteiger partial charge in [0.2, 0.25) is 0 Å². The number of rotatable bonds is 4. The van der Waals surface area contributed by atoms with Crippen LogP contribution in [0.3, 0.4) is 0 Å². The van der Waals surface area contributed by atoms with Crippen LogP contribution in [0.1, 0.15) is 92.9 Å². The highest BCUT2D eigenvalue weighted by Gasteiger charge is 2.58. The van der Waals surface area contributed by atoms with Crippen LogP contribution in [0.4, 0.5) is 0 Å². The van der Waals surface area contributed by atoms with E-state index >= 15 is 0 Å². The normalized spacial score (nSPS) is 46.8. The largest absolute Gasteiger partial charge is 0.393 e. The molecule has 3 saturated carbocycles. The summed E-state index contributed by atoms with van der Waals surface area (Å²) >= 11 is 0. The van der Waals surface area contributed by atoms with Gasteiger partial charge in [-0.2, -0.15) is 0 Å². The number of allylic oxidation sites excluding steroid dienone is 3. The molecule has 4 aliphatic rings. The molecule has 0 aliphatic heterocycles. The average molecular weight is 399 g/mol. The van der Waals surface area contributed by atoms with Crippen LogP contribution < -0.4 is 0 Å². The van der Waals surface area contributed by atoms with Crippen LogP contribution in [0.2, 0.25) is 0 Å². The van der Waals surface area contributed by atoms with Crippen LogP contribution in [0.25, 0.3) is 0 Å². The SMILES string of the molecule is CC(C)C(C)/C=C/C(C)[C@H]1CC[C@H]2C3CC=C4C[C@@H](O)CC[C@]4(C)[C@H]3CC[C@]12C. The lowest BCUT2D eigenvalue weighted by molar-refractivity contribution is -0.0540. The first-order chi connectivity index (χ1) is 13.7. The number of fused-ring (bicyclic) bond motifs is 5. The van der Waals surface area contributed by atoms with Crippen molar-refractivity contribution in [3.8, 4) is 0 Å². The smallest absolute Gasteiger partial charge is 0.0577 e. The Labute approximate surface area is 180 Å². The van der Waals surface area contributed by atoms with E-state index in [4.69, 9.17) is 0 Å². The van der Waals surface area contributed by atoms with E-state index in [1.807, 2.05) is 0 Å². The van der Waals surface area contributed by atoms with Crippen LogP contribution in [0, 0.1) is 52.3 Å². The summed E-state index contributed by atoms with van der Waals surface area (Å²) in [6.07, 6.45) is 17.7. The Kier molecular flexibility index (Phi) is 5.86. The molecule has 0 amide bonds. The van der Waals surface area contributed by atoms with Gasteiger partial charge in [-0.1, -0.05) is 65.3 Å². The summed E-state index contributed by atoms with van der Waals surface area (Å²) in [5.74, 6) is 5.63. The Hall–Kier alpha value is -0.560. The van der Waals surface area contributed by atoms with Crippen LogP contribution in [0.15, 0.2) is 23.8 Å². The molecular formula is C28H46O. The molecule has 0 aromatic carbocycles. The van der Waals surface area contributed by atoms with Crippen LogP contribution in [-0.2, 0) is 0 Å². The van der Waals surface area contributed by atoms with Gasteiger partial charge >= 0.3 is 0 Å². The summed E-state index contributed by atoms with van der Waals surface area (Å²) in [4.78, 5) is 0. The number of hydrogen-bond donors (Lipinski definition) is 1. The quantitative estimate of drug-likeness (QED) is 0.489. The van der Waals surface area contributed by atoms with E-state index in [0.29, 0.717) is 22.7 Å². The molecule has 4 rings (SSSR count). The summed E-state index contributed by atoms with van der Waals surface area (Å²) in [5.41, 5.74) is 2.51. The van der Waals surface area contributed by atoms with E-state index in [-0.39, 0.29) is 6.10 Å². The number of aliphatic hydroxyl groups excluding tert-OH is 1. The zero-order valence-corrected chi connectivity index (χ0v) is 20.0. The van der Waals surface area contributed by atoms with Crippen molar-refractivity contribution >= 4 is 0 Å². The van der Waals surface area contributed by atoms with E-state index in [1.165, 1.54) is 38.5 Å². The fraction of sp³-hybridized carbons (Fsp3) is 0.857. The maximum absolute atomic E-state index is 10.2. The molecule has 0 saturated heterocycles. The second kappa shape index (κ2) is 7.85. The predicted molar refractivity (Wildman–Crippen MR) is 124 cm³/mol. The Morgan fingerprint density at radius 1 is 0.966 bits per heavy atom. The average Bonchev–Trinajstić information content (AvgIpc) is 3.03. The van der Waals surface area contributed by atoms with Crippen molar-refractivity contribution in [2.75, 3.05) is 0 Å². The minimum Gasteiger partial charge on any atom is -0.393 e. The molecule has 0 radical (unpaired) electrons. The molecule has 0 bridgehead atoms. The summed E-state index contributed by atoms with van der Waals surface area (Å²) in [6, 6.07) is 0. The monoisotopic (exact) mass is 398 g/mol. The first kappa shape index (κ1) is 21.7. The lowest BCUT2D eigenvalue weighted by Crippen LogP contribution is -2.50. The van der Waals surface area contributed by atoms with E-state index in [1.54, 1.807) is 5.57 Å². The topological polar surface area (TPSA) is 20.2 Å². The maximum Gasteiger partial charge on any atom is 0.0577 e. The molecular weight excluding hydrogens is 352 g/mol. The van der Waals surface area contributed by atoms with E-state index in [2.05, 4.69) is 59.8 Å². The van der Waals surface area contributed by atoms with Crippen molar-refractivity contribution < 1.29 is 5.11 Å². The molecule has 0 aromatic heterocycles. The van der Waals surface area contributed by atoms with Gasteiger partial charge in [-0.25, -0.2) is 0 Å². The Bertz CT molecular complexity index is 659. The first-order valence-electron chi connectivity index (χ1n) is 12.7. The van der Waals surface area contributed by atoms with E-state index < -0.39 is 0 Å². The van der Waals surface area contributed by atoms with Gasteiger partial charge in [0.25, 0.3) is 0 Å².